The largest absolute Gasteiger partial charge is 0.384 e. The standard InChI is InChI=1S/C24H25F2N3O3S/c25-15-24(16-30-13-17-7-3-1-4-8-17)21(31-14-18-9-5-2-6-10-18)20(26)22(32-24)29-12-11-19(27)28-23(29)33/h1-12,20-22H,13-16H2,(H2,27,28,33)/t20-,21+,22-,24-/m1/s1. The van der Waals surface area contributed by atoms with E-state index in [9.17, 15) is 4.39 Å². The predicted octanol–water partition coefficient (Wildman–Crippen LogP) is 4.57. The molecular weight excluding hydrogens is 448 g/mol. The van der Waals surface area contributed by atoms with Crippen LogP contribution in [0.3, 0.4) is 0 Å². The molecule has 174 valence electrons. The summed E-state index contributed by atoms with van der Waals surface area (Å²) >= 11 is 5.23. The van der Waals surface area contributed by atoms with E-state index in [1.807, 2.05) is 60.7 Å². The van der Waals surface area contributed by atoms with Crippen molar-refractivity contribution < 1.29 is 23.0 Å². The van der Waals surface area contributed by atoms with Crippen LogP contribution in [0.1, 0.15) is 17.4 Å². The van der Waals surface area contributed by atoms with Crippen LogP contribution in [0, 0.1) is 4.77 Å². The number of ether oxygens (including phenoxy) is 3. The van der Waals surface area contributed by atoms with Gasteiger partial charge >= 0.3 is 0 Å². The zero-order chi connectivity index (χ0) is 23.3. The molecule has 0 spiro atoms. The van der Waals surface area contributed by atoms with Crippen LogP contribution in [-0.4, -0.2) is 40.7 Å². The van der Waals surface area contributed by atoms with Gasteiger partial charge in [-0.15, -0.1) is 0 Å². The molecule has 3 aromatic rings. The van der Waals surface area contributed by atoms with E-state index in [4.69, 9.17) is 32.2 Å². The molecular formula is C24H25F2N3O3S. The van der Waals surface area contributed by atoms with Gasteiger partial charge in [-0.25, -0.2) is 13.8 Å². The topological polar surface area (TPSA) is 71.5 Å². The molecule has 2 N–H and O–H groups in total. The summed E-state index contributed by atoms with van der Waals surface area (Å²) in [5.41, 5.74) is 5.74. The highest BCUT2D eigenvalue weighted by Gasteiger charge is 2.58. The van der Waals surface area contributed by atoms with Crippen LogP contribution >= 0.6 is 12.2 Å². The second-order valence-corrected chi connectivity index (χ2v) is 8.25. The zero-order valence-corrected chi connectivity index (χ0v) is 18.7. The third kappa shape index (κ3) is 5.27. The van der Waals surface area contributed by atoms with Crippen molar-refractivity contribution in [2.75, 3.05) is 19.0 Å². The second-order valence-electron chi connectivity index (χ2n) is 7.89. The lowest BCUT2D eigenvalue weighted by Gasteiger charge is -2.31. The molecule has 1 fully saturated rings. The van der Waals surface area contributed by atoms with Crippen molar-refractivity contribution in [3.63, 3.8) is 0 Å². The minimum absolute atomic E-state index is 0.0318. The van der Waals surface area contributed by atoms with Gasteiger partial charge in [0.2, 0.25) is 4.77 Å². The number of anilines is 1. The minimum Gasteiger partial charge on any atom is -0.384 e. The smallest absolute Gasteiger partial charge is 0.203 e. The predicted molar refractivity (Wildman–Crippen MR) is 122 cm³/mol. The SMILES string of the molecule is Nc1ccn([C@@H]2O[C@](CF)(COCc3ccccc3)[C@@H](OCc3ccccc3)[C@H]2F)c(=S)n1. The Bertz CT molecular complexity index is 1100. The third-order valence-corrected chi connectivity index (χ3v) is 5.82. The number of aromatic nitrogens is 2. The minimum atomic E-state index is -1.72. The Hall–Kier alpha value is -2.72. The Morgan fingerprint density at radius 3 is 2.27 bits per heavy atom. The number of hydrogen-bond donors (Lipinski definition) is 1. The van der Waals surface area contributed by atoms with Crippen LogP contribution in [0.4, 0.5) is 14.6 Å². The highest BCUT2D eigenvalue weighted by atomic mass is 32.1. The summed E-state index contributed by atoms with van der Waals surface area (Å²) in [6.07, 6.45) is -2.71. The van der Waals surface area contributed by atoms with Gasteiger partial charge in [0.15, 0.2) is 18.0 Å². The van der Waals surface area contributed by atoms with Gasteiger partial charge in [0.25, 0.3) is 0 Å². The van der Waals surface area contributed by atoms with Gasteiger partial charge < -0.3 is 19.9 Å². The molecule has 1 aliphatic heterocycles. The van der Waals surface area contributed by atoms with Crippen LogP contribution in [0.25, 0.3) is 0 Å². The lowest BCUT2D eigenvalue weighted by atomic mass is 9.97. The zero-order valence-electron chi connectivity index (χ0n) is 17.8. The number of rotatable bonds is 9. The lowest BCUT2D eigenvalue weighted by Crippen LogP contribution is -2.49. The highest BCUT2D eigenvalue weighted by Crippen LogP contribution is 2.42. The summed E-state index contributed by atoms with van der Waals surface area (Å²) < 4.78 is 49.3. The van der Waals surface area contributed by atoms with E-state index in [1.165, 1.54) is 16.8 Å². The van der Waals surface area contributed by atoms with Crippen molar-refractivity contribution in [1.29, 1.82) is 0 Å². The summed E-state index contributed by atoms with van der Waals surface area (Å²) in [5, 5.41) is 0. The molecule has 1 saturated heterocycles. The van der Waals surface area contributed by atoms with Crippen molar-refractivity contribution in [2.45, 2.75) is 37.3 Å². The molecule has 1 aliphatic rings. The molecule has 4 atom stereocenters. The van der Waals surface area contributed by atoms with Crippen molar-refractivity contribution in [1.82, 2.24) is 9.55 Å². The first-order valence-electron chi connectivity index (χ1n) is 10.5. The van der Waals surface area contributed by atoms with Crippen LogP contribution in [0.15, 0.2) is 72.9 Å². The summed E-state index contributed by atoms with van der Waals surface area (Å²) in [7, 11) is 0. The first kappa shape index (κ1) is 23.4. The van der Waals surface area contributed by atoms with E-state index in [0.717, 1.165) is 11.1 Å². The van der Waals surface area contributed by atoms with E-state index in [2.05, 4.69) is 4.98 Å². The maximum Gasteiger partial charge on any atom is 0.203 e. The molecule has 2 heterocycles. The van der Waals surface area contributed by atoms with Gasteiger partial charge in [-0.1, -0.05) is 60.7 Å². The van der Waals surface area contributed by atoms with Crippen LogP contribution < -0.4 is 5.73 Å². The first-order valence-corrected chi connectivity index (χ1v) is 10.9. The van der Waals surface area contributed by atoms with Crippen LogP contribution in [0.2, 0.25) is 0 Å². The number of nitrogens with two attached hydrogens (primary N) is 1. The number of benzene rings is 2. The quantitative estimate of drug-likeness (QED) is 0.459. The Labute approximate surface area is 195 Å². The van der Waals surface area contributed by atoms with E-state index in [1.54, 1.807) is 0 Å². The fraction of sp³-hybridized carbons (Fsp3) is 0.333. The van der Waals surface area contributed by atoms with Gasteiger partial charge in [-0.2, -0.15) is 0 Å². The Morgan fingerprint density at radius 1 is 1.03 bits per heavy atom. The van der Waals surface area contributed by atoms with Crippen molar-refractivity contribution in [3.05, 3.63) is 88.8 Å². The molecule has 0 bridgehead atoms. The Morgan fingerprint density at radius 2 is 1.67 bits per heavy atom. The monoisotopic (exact) mass is 473 g/mol. The Balaban J connectivity index is 1.58. The number of nitrogens with zero attached hydrogens (tertiary/aromatic N) is 2. The normalized spacial score (nSPS) is 24.7. The van der Waals surface area contributed by atoms with E-state index in [0.29, 0.717) is 0 Å². The molecule has 4 rings (SSSR count). The van der Waals surface area contributed by atoms with Gasteiger partial charge in [0.1, 0.15) is 18.6 Å². The van der Waals surface area contributed by atoms with Crippen molar-refractivity contribution in [3.8, 4) is 0 Å². The van der Waals surface area contributed by atoms with Gasteiger partial charge in [-0.3, -0.25) is 4.57 Å². The molecule has 0 radical (unpaired) electrons. The Kier molecular flexibility index (Phi) is 7.44. The molecule has 0 unspecified atom stereocenters. The maximum absolute atomic E-state index is 15.8. The summed E-state index contributed by atoms with van der Waals surface area (Å²) in [6.45, 7) is -0.895. The summed E-state index contributed by atoms with van der Waals surface area (Å²) in [6, 6.07) is 20.2. The summed E-state index contributed by atoms with van der Waals surface area (Å²) in [4.78, 5) is 3.99. The number of halogens is 2. The van der Waals surface area contributed by atoms with Crippen LogP contribution in [-0.2, 0) is 27.4 Å². The fourth-order valence-electron chi connectivity index (χ4n) is 3.82. The first-order chi connectivity index (χ1) is 16.0. The maximum atomic E-state index is 15.8. The van der Waals surface area contributed by atoms with Gasteiger partial charge in [0, 0.05) is 6.20 Å². The van der Waals surface area contributed by atoms with Gasteiger partial charge in [-0.05, 0) is 29.4 Å². The molecule has 9 heteroatoms. The highest BCUT2D eigenvalue weighted by molar-refractivity contribution is 7.71. The van der Waals surface area contributed by atoms with Crippen molar-refractivity contribution in [2.24, 2.45) is 0 Å². The third-order valence-electron chi connectivity index (χ3n) is 5.52. The lowest BCUT2D eigenvalue weighted by molar-refractivity contribution is -0.164. The molecule has 2 aromatic carbocycles. The molecule has 0 aliphatic carbocycles. The summed E-state index contributed by atoms with van der Waals surface area (Å²) in [5.74, 6) is 0.199. The second kappa shape index (κ2) is 10.5. The fourth-order valence-corrected chi connectivity index (χ4v) is 4.09. The van der Waals surface area contributed by atoms with Crippen LogP contribution in [0.5, 0.6) is 0 Å². The van der Waals surface area contributed by atoms with E-state index >= 15 is 4.39 Å². The molecule has 33 heavy (non-hydrogen) atoms. The molecule has 0 saturated carbocycles. The number of nitrogen functional groups attached to an aromatic ring is 1. The number of hydrogen-bond acceptors (Lipinski definition) is 6. The van der Waals surface area contributed by atoms with Crippen molar-refractivity contribution >= 4 is 18.0 Å². The molecule has 6 nitrogen and oxygen atoms in total. The van der Waals surface area contributed by atoms with E-state index < -0.39 is 30.8 Å². The average Bonchev–Trinajstić information content (AvgIpc) is 3.10. The molecule has 1 aromatic heterocycles. The molecule has 0 amide bonds. The van der Waals surface area contributed by atoms with E-state index in [-0.39, 0.29) is 30.4 Å². The number of alkyl halides is 2. The average molecular weight is 474 g/mol. The van der Waals surface area contributed by atoms with Gasteiger partial charge in [0.05, 0.1) is 19.8 Å².